The van der Waals surface area contributed by atoms with Gasteiger partial charge in [0.15, 0.2) is 0 Å². The van der Waals surface area contributed by atoms with Crippen LogP contribution in [0.5, 0.6) is 0 Å². The quantitative estimate of drug-likeness (QED) is 0.493. The molecule has 9 heteroatoms. The summed E-state index contributed by atoms with van der Waals surface area (Å²) >= 11 is 0. The summed E-state index contributed by atoms with van der Waals surface area (Å²) in [5.41, 5.74) is -3.07. The third-order valence-corrected chi connectivity index (χ3v) is 5.00. The monoisotopic (exact) mass is 442 g/mol. The zero-order valence-corrected chi connectivity index (χ0v) is 16.2. The van der Waals surface area contributed by atoms with Gasteiger partial charge in [0.2, 0.25) is 0 Å². The fourth-order valence-electron chi connectivity index (χ4n) is 3.46. The van der Waals surface area contributed by atoms with Gasteiger partial charge in [0.1, 0.15) is 11.5 Å². The summed E-state index contributed by atoms with van der Waals surface area (Å²) in [4.78, 5) is 3.44. The van der Waals surface area contributed by atoms with Crippen LogP contribution in [0.3, 0.4) is 0 Å². The first kappa shape index (κ1) is 22.7. The zero-order valence-electron chi connectivity index (χ0n) is 16.2. The minimum absolute atomic E-state index is 0.0398. The zero-order chi connectivity index (χ0) is 22.9. The molecule has 0 radical (unpaired) electrons. The van der Waals surface area contributed by atoms with E-state index in [0.717, 1.165) is 30.5 Å². The average molecular weight is 442 g/mol. The van der Waals surface area contributed by atoms with Crippen LogP contribution in [0.2, 0.25) is 0 Å². The van der Waals surface area contributed by atoms with Crippen molar-refractivity contribution in [3.63, 3.8) is 0 Å². The predicted molar refractivity (Wildman–Crippen MR) is 101 cm³/mol. The molecule has 0 aliphatic heterocycles. The first-order valence-corrected chi connectivity index (χ1v) is 9.10. The standard InChI is InChI=1S/C22H17F7N2/c1-30-20(12-14-5-3-2-4-6-14,15-7-8-19(31-13-15)22(27,28)29)16-9-17(21(24,25)26)11-18(23)10-16/h2-11,13,30H,12H2,1H3/t20-/m1/s1. The molecule has 0 aliphatic carbocycles. The van der Waals surface area contributed by atoms with Gasteiger partial charge in [-0.1, -0.05) is 36.4 Å². The molecule has 31 heavy (non-hydrogen) atoms. The van der Waals surface area contributed by atoms with Crippen molar-refractivity contribution in [1.29, 1.82) is 0 Å². The molecule has 3 aromatic rings. The minimum atomic E-state index is -4.80. The Labute approximate surface area is 173 Å². The normalized spacial score (nSPS) is 14.3. The van der Waals surface area contributed by atoms with Crippen LogP contribution in [0, 0.1) is 5.82 Å². The van der Waals surface area contributed by atoms with E-state index < -0.39 is 35.0 Å². The van der Waals surface area contributed by atoms with E-state index >= 15 is 0 Å². The van der Waals surface area contributed by atoms with E-state index in [1.165, 1.54) is 7.05 Å². The molecule has 0 saturated heterocycles. The number of pyridine rings is 1. The summed E-state index contributed by atoms with van der Waals surface area (Å²) in [5, 5.41) is 2.91. The molecule has 0 bridgehead atoms. The highest BCUT2D eigenvalue weighted by Gasteiger charge is 2.39. The van der Waals surface area contributed by atoms with Gasteiger partial charge in [0.25, 0.3) is 0 Å². The molecule has 1 heterocycles. The van der Waals surface area contributed by atoms with Crippen LogP contribution in [-0.2, 0) is 24.3 Å². The number of benzene rings is 2. The molecular formula is C22H17F7N2. The highest BCUT2D eigenvalue weighted by molar-refractivity contribution is 5.43. The Balaban J connectivity index is 2.23. The lowest BCUT2D eigenvalue weighted by atomic mass is 9.78. The Kier molecular flexibility index (Phi) is 6.09. The molecule has 1 aromatic heterocycles. The lowest BCUT2D eigenvalue weighted by molar-refractivity contribution is -0.141. The largest absolute Gasteiger partial charge is 0.433 e. The molecular weight excluding hydrogens is 425 g/mol. The van der Waals surface area contributed by atoms with E-state index in [4.69, 9.17) is 0 Å². The summed E-state index contributed by atoms with van der Waals surface area (Å²) in [6, 6.07) is 12.6. The molecule has 1 N–H and O–H groups in total. The predicted octanol–water partition coefficient (Wildman–Crippen LogP) is 5.96. The highest BCUT2D eigenvalue weighted by atomic mass is 19.4. The second kappa shape index (κ2) is 8.30. The number of nitrogens with one attached hydrogen (secondary N) is 1. The van der Waals surface area contributed by atoms with Crippen molar-refractivity contribution < 1.29 is 30.7 Å². The number of aromatic nitrogens is 1. The first-order chi connectivity index (χ1) is 14.5. The maximum atomic E-state index is 14.2. The van der Waals surface area contributed by atoms with Crippen molar-refractivity contribution in [1.82, 2.24) is 10.3 Å². The molecule has 0 amide bonds. The van der Waals surface area contributed by atoms with Crippen LogP contribution < -0.4 is 5.32 Å². The number of likely N-dealkylation sites (N-methyl/N-ethyl adjacent to an activating group) is 1. The second-order valence-corrected chi connectivity index (χ2v) is 6.97. The van der Waals surface area contributed by atoms with Crippen LogP contribution >= 0.6 is 0 Å². The summed E-state index contributed by atoms with van der Waals surface area (Å²) < 4.78 is 93.1. The maximum absolute atomic E-state index is 14.2. The van der Waals surface area contributed by atoms with E-state index in [0.29, 0.717) is 11.6 Å². The third kappa shape index (κ3) is 4.87. The highest BCUT2D eigenvalue weighted by Crippen LogP contribution is 2.38. The van der Waals surface area contributed by atoms with Crippen molar-refractivity contribution in [3.8, 4) is 0 Å². The summed E-state index contributed by atoms with van der Waals surface area (Å²) in [5.74, 6) is -1.11. The van der Waals surface area contributed by atoms with Gasteiger partial charge in [0.05, 0.1) is 11.1 Å². The van der Waals surface area contributed by atoms with Gasteiger partial charge < -0.3 is 5.32 Å². The Bertz CT molecular complexity index is 1030. The summed E-state index contributed by atoms with van der Waals surface area (Å²) in [6.45, 7) is 0. The first-order valence-electron chi connectivity index (χ1n) is 9.10. The smallest absolute Gasteiger partial charge is 0.306 e. The molecule has 2 aromatic carbocycles. The summed E-state index contributed by atoms with van der Waals surface area (Å²) in [6.07, 6.45) is -8.50. The molecule has 0 spiro atoms. The van der Waals surface area contributed by atoms with Crippen LogP contribution in [-0.4, -0.2) is 12.0 Å². The van der Waals surface area contributed by atoms with E-state index in [9.17, 15) is 30.7 Å². The molecule has 1 atom stereocenters. The van der Waals surface area contributed by atoms with Gasteiger partial charge in [-0.2, -0.15) is 26.3 Å². The van der Waals surface area contributed by atoms with Crippen molar-refractivity contribution in [2.75, 3.05) is 7.05 Å². The average Bonchev–Trinajstić information content (AvgIpc) is 2.71. The van der Waals surface area contributed by atoms with Crippen LogP contribution in [0.15, 0.2) is 66.9 Å². The molecule has 0 saturated carbocycles. The number of halogens is 7. The lowest BCUT2D eigenvalue weighted by Crippen LogP contribution is -2.43. The van der Waals surface area contributed by atoms with Crippen LogP contribution in [0.25, 0.3) is 0 Å². The Morgan fingerprint density at radius 1 is 0.774 bits per heavy atom. The number of rotatable bonds is 5. The van der Waals surface area contributed by atoms with E-state index in [2.05, 4.69) is 10.3 Å². The van der Waals surface area contributed by atoms with Gasteiger partial charge in [-0.05, 0) is 54.4 Å². The van der Waals surface area contributed by atoms with Gasteiger partial charge in [-0.15, -0.1) is 0 Å². The number of nitrogens with zero attached hydrogens (tertiary/aromatic N) is 1. The minimum Gasteiger partial charge on any atom is -0.306 e. The Hall–Kier alpha value is -2.94. The fraction of sp³-hybridized carbons (Fsp3) is 0.227. The molecule has 0 unspecified atom stereocenters. The van der Waals surface area contributed by atoms with Crippen molar-refractivity contribution in [2.24, 2.45) is 0 Å². The molecule has 164 valence electrons. The third-order valence-electron chi connectivity index (χ3n) is 5.00. The maximum Gasteiger partial charge on any atom is 0.433 e. The SMILES string of the molecule is CN[C@](Cc1ccccc1)(c1ccc(C(F)(F)F)nc1)c1cc(F)cc(C(F)(F)F)c1. The fourth-order valence-corrected chi connectivity index (χ4v) is 3.46. The van der Waals surface area contributed by atoms with Gasteiger partial charge in [-0.25, -0.2) is 4.39 Å². The van der Waals surface area contributed by atoms with Crippen LogP contribution in [0.1, 0.15) is 27.9 Å². The van der Waals surface area contributed by atoms with E-state index in [1.807, 2.05) is 0 Å². The van der Waals surface area contributed by atoms with E-state index in [1.54, 1.807) is 30.3 Å². The second-order valence-electron chi connectivity index (χ2n) is 6.97. The molecule has 0 aliphatic rings. The molecule has 0 fully saturated rings. The van der Waals surface area contributed by atoms with Crippen LogP contribution in [0.4, 0.5) is 30.7 Å². The van der Waals surface area contributed by atoms with Crippen molar-refractivity contribution in [3.05, 3.63) is 101 Å². The number of hydrogen-bond donors (Lipinski definition) is 1. The number of alkyl halides is 6. The van der Waals surface area contributed by atoms with Gasteiger partial charge >= 0.3 is 12.4 Å². The summed E-state index contributed by atoms with van der Waals surface area (Å²) in [7, 11) is 1.44. The Morgan fingerprint density at radius 3 is 1.94 bits per heavy atom. The molecule has 3 rings (SSSR count). The van der Waals surface area contributed by atoms with Crippen molar-refractivity contribution in [2.45, 2.75) is 24.3 Å². The number of hydrogen-bond acceptors (Lipinski definition) is 2. The van der Waals surface area contributed by atoms with E-state index in [-0.39, 0.29) is 17.5 Å². The Morgan fingerprint density at radius 2 is 1.42 bits per heavy atom. The lowest BCUT2D eigenvalue weighted by Gasteiger charge is -2.35. The molecule has 2 nitrogen and oxygen atoms in total. The van der Waals surface area contributed by atoms with Crippen molar-refractivity contribution >= 4 is 0 Å². The van der Waals surface area contributed by atoms with Gasteiger partial charge in [-0.3, -0.25) is 4.98 Å². The van der Waals surface area contributed by atoms with Gasteiger partial charge in [0, 0.05) is 6.20 Å². The topological polar surface area (TPSA) is 24.9 Å².